The summed E-state index contributed by atoms with van der Waals surface area (Å²) in [6.07, 6.45) is 3.69. The van der Waals surface area contributed by atoms with Crippen molar-refractivity contribution in [1.29, 1.82) is 0 Å². The summed E-state index contributed by atoms with van der Waals surface area (Å²) < 4.78 is 0. The second kappa shape index (κ2) is 6.41. The molecule has 0 saturated heterocycles. The topological polar surface area (TPSA) is 24.4 Å². The van der Waals surface area contributed by atoms with E-state index in [9.17, 15) is 0 Å². The molecule has 0 aromatic heterocycles. The lowest BCUT2D eigenvalue weighted by Crippen LogP contribution is -2.36. The van der Waals surface area contributed by atoms with E-state index < -0.39 is 0 Å². The maximum Gasteiger partial charge on any atom is 0.157 e. The van der Waals surface area contributed by atoms with Gasteiger partial charge in [0.05, 0.1) is 6.04 Å². The molecule has 1 heterocycles. The van der Waals surface area contributed by atoms with Gasteiger partial charge in [-0.05, 0) is 25.7 Å². The summed E-state index contributed by atoms with van der Waals surface area (Å²) in [5.74, 6) is 1.92. The van der Waals surface area contributed by atoms with Crippen LogP contribution in [0.4, 0.5) is 0 Å². The molecule has 0 amide bonds. The van der Waals surface area contributed by atoms with Crippen molar-refractivity contribution in [3.8, 4) is 0 Å². The number of aliphatic imine (C=N–C) groups is 1. The van der Waals surface area contributed by atoms with Gasteiger partial charge in [-0.25, -0.2) is 0 Å². The fourth-order valence-corrected chi connectivity index (χ4v) is 2.87. The lowest BCUT2D eigenvalue weighted by molar-refractivity contribution is 0.514. The van der Waals surface area contributed by atoms with E-state index in [0.29, 0.717) is 18.0 Å². The summed E-state index contributed by atoms with van der Waals surface area (Å²) in [4.78, 5) is 4.70. The summed E-state index contributed by atoms with van der Waals surface area (Å²) in [5, 5.41) is 4.74. The van der Waals surface area contributed by atoms with Crippen LogP contribution < -0.4 is 5.32 Å². The van der Waals surface area contributed by atoms with Crippen LogP contribution in [0.2, 0.25) is 0 Å². The molecule has 0 saturated carbocycles. The fraction of sp³-hybridized carbons (Fsp3) is 0.917. The number of amidine groups is 1. The highest BCUT2D eigenvalue weighted by Gasteiger charge is 2.20. The van der Waals surface area contributed by atoms with Crippen LogP contribution >= 0.6 is 11.8 Å². The van der Waals surface area contributed by atoms with Crippen LogP contribution in [0.25, 0.3) is 0 Å². The Morgan fingerprint density at radius 1 is 1.47 bits per heavy atom. The summed E-state index contributed by atoms with van der Waals surface area (Å²) >= 11 is 1.88. The summed E-state index contributed by atoms with van der Waals surface area (Å²) in [6, 6.07) is 1.09. The third-order valence-corrected chi connectivity index (χ3v) is 4.27. The average Bonchev–Trinajstić information content (AvgIpc) is 2.23. The van der Waals surface area contributed by atoms with Crippen molar-refractivity contribution in [2.45, 2.75) is 59.0 Å². The van der Waals surface area contributed by atoms with E-state index in [4.69, 9.17) is 4.99 Å². The summed E-state index contributed by atoms with van der Waals surface area (Å²) in [5.41, 5.74) is 0. The minimum Gasteiger partial charge on any atom is -0.362 e. The Hall–Kier alpha value is -0.180. The molecule has 15 heavy (non-hydrogen) atoms. The molecule has 88 valence electrons. The third-order valence-electron chi connectivity index (χ3n) is 3.08. The molecular weight excluding hydrogens is 204 g/mol. The number of rotatable bonds is 4. The number of hydrogen-bond donors (Lipinski definition) is 1. The SMILES string of the molecule is CCCC(CC)NC1=NC(C)C(C)CS1. The van der Waals surface area contributed by atoms with E-state index in [1.165, 1.54) is 30.2 Å². The van der Waals surface area contributed by atoms with Gasteiger partial charge in [-0.3, -0.25) is 4.99 Å². The summed E-state index contributed by atoms with van der Waals surface area (Å²) in [7, 11) is 0. The smallest absolute Gasteiger partial charge is 0.157 e. The number of nitrogens with zero attached hydrogens (tertiary/aromatic N) is 1. The first-order valence-electron chi connectivity index (χ1n) is 6.14. The second-order valence-electron chi connectivity index (χ2n) is 4.50. The number of nitrogens with one attached hydrogen (secondary N) is 1. The fourth-order valence-electron chi connectivity index (χ4n) is 1.68. The van der Waals surface area contributed by atoms with Gasteiger partial charge >= 0.3 is 0 Å². The maximum absolute atomic E-state index is 4.70. The van der Waals surface area contributed by atoms with Gasteiger partial charge in [0.2, 0.25) is 0 Å². The van der Waals surface area contributed by atoms with Crippen LogP contribution in [-0.2, 0) is 0 Å². The Labute approximate surface area is 98.3 Å². The van der Waals surface area contributed by atoms with Gasteiger partial charge in [-0.15, -0.1) is 0 Å². The molecule has 0 aromatic carbocycles. The van der Waals surface area contributed by atoms with E-state index in [0.717, 1.165) is 0 Å². The molecular formula is C12H24N2S. The first-order chi connectivity index (χ1) is 7.17. The van der Waals surface area contributed by atoms with Crippen molar-refractivity contribution in [3.05, 3.63) is 0 Å². The average molecular weight is 228 g/mol. The normalized spacial score (nSPS) is 28.4. The van der Waals surface area contributed by atoms with E-state index >= 15 is 0 Å². The van der Waals surface area contributed by atoms with Crippen LogP contribution in [0.1, 0.15) is 47.0 Å². The van der Waals surface area contributed by atoms with Crippen LogP contribution in [0.5, 0.6) is 0 Å². The maximum atomic E-state index is 4.70. The molecule has 0 bridgehead atoms. The molecule has 1 N–H and O–H groups in total. The lowest BCUT2D eigenvalue weighted by Gasteiger charge is -2.26. The zero-order valence-electron chi connectivity index (χ0n) is 10.4. The highest BCUT2D eigenvalue weighted by atomic mass is 32.2. The van der Waals surface area contributed by atoms with Gasteiger partial charge in [0.25, 0.3) is 0 Å². The zero-order chi connectivity index (χ0) is 11.3. The Balaban J connectivity index is 2.46. The Morgan fingerprint density at radius 3 is 2.73 bits per heavy atom. The molecule has 0 aromatic rings. The molecule has 1 rings (SSSR count). The van der Waals surface area contributed by atoms with Gasteiger partial charge in [0, 0.05) is 11.8 Å². The van der Waals surface area contributed by atoms with Crippen molar-refractivity contribution in [2.75, 3.05) is 5.75 Å². The van der Waals surface area contributed by atoms with Crippen molar-refractivity contribution in [2.24, 2.45) is 10.9 Å². The molecule has 1 aliphatic rings. The van der Waals surface area contributed by atoms with Gasteiger partial charge < -0.3 is 5.32 Å². The highest BCUT2D eigenvalue weighted by molar-refractivity contribution is 8.13. The first kappa shape index (κ1) is 12.9. The standard InChI is InChI=1S/C12H24N2S/c1-5-7-11(6-2)14-12-13-10(4)9(3)8-15-12/h9-11H,5-8H2,1-4H3,(H,13,14). The zero-order valence-corrected chi connectivity index (χ0v) is 11.2. The van der Waals surface area contributed by atoms with Crippen molar-refractivity contribution < 1.29 is 0 Å². The van der Waals surface area contributed by atoms with Crippen molar-refractivity contribution >= 4 is 16.9 Å². The van der Waals surface area contributed by atoms with E-state index in [-0.39, 0.29) is 0 Å². The van der Waals surface area contributed by atoms with Crippen LogP contribution in [0, 0.1) is 5.92 Å². The molecule has 3 heteroatoms. The first-order valence-corrected chi connectivity index (χ1v) is 7.13. The van der Waals surface area contributed by atoms with E-state index in [1.54, 1.807) is 0 Å². The quantitative estimate of drug-likeness (QED) is 0.798. The predicted octanol–water partition coefficient (Wildman–Crippen LogP) is 3.28. The van der Waals surface area contributed by atoms with Crippen molar-refractivity contribution in [3.63, 3.8) is 0 Å². The molecule has 2 nitrogen and oxygen atoms in total. The highest BCUT2D eigenvalue weighted by Crippen LogP contribution is 2.22. The second-order valence-corrected chi connectivity index (χ2v) is 5.51. The number of hydrogen-bond acceptors (Lipinski definition) is 3. The molecule has 0 aliphatic carbocycles. The molecule has 0 fully saturated rings. The van der Waals surface area contributed by atoms with Gasteiger partial charge in [-0.1, -0.05) is 39.0 Å². The van der Waals surface area contributed by atoms with Crippen LogP contribution in [0.15, 0.2) is 4.99 Å². The Bertz CT molecular complexity index is 216. The number of thioether (sulfide) groups is 1. The van der Waals surface area contributed by atoms with Crippen molar-refractivity contribution in [1.82, 2.24) is 5.32 Å². The molecule has 1 aliphatic heterocycles. The van der Waals surface area contributed by atoms with Crippen LogP contribution in [0.3, 0.4) is 0 Å². The molecule has 3 atom stereocenters. The lowest BCUT2D eigenvalue weighted by atomic mass is 10.1. The molecule has 0 radical (unpaired) electrons. The van der Waals surface area contributed by atoms with E-state index in [1.807, 2.05) is 11.8 Å². The predicted molar refractivity (Wildman–Crippen MR) is 70.6 cm³/mol. The van der Waals surface area contributed by atoms with Crippen LogP contribution in [-0.4, -0.2) is 23.0 Å². The monoisotopic (exact) mass is 228 g/mol. The minimum atomic E-state index is 0.480. The molecule has 3 unspecified atom stereocenters. The van der Waals surface area contributed by atoms with E-state index in [2.05, 4.69) is 33.0 Å². The summed E-state index contributed by atoms with van der Waals surface area (Å²) in [6.45, 7) is 8.98. The van der Waals surface area contributed by atoms with Gasteiger partial charge in [0.1, 0.15) is 0 Å². The molecule has 0 spiro atoms. The Kier molecular flexibility index (Phi) is 5.51. The van der Waals surface area contributed by atoms with Gasteiger partial charge in [-0.2, -0.15) is 0 Å². The third kappa shape index (κ3) is 4.06. The largest absolute Gasteiger partial charge is 0.362 e. The minimum absolute atomic E-state index is 0.480. The van der Waals surface area contributed by atoms with Gasteiger partial charge in [0.15, 0.2) is 5.17 Å². The Morgan fingerprint density at radius 2 is 2.20 bits per heavy atom.